The van der Waals surface area contributed by atoms with Crippen molar-refractivity contribution >= 4 is 17.3 Å². The number of hydrogen-bond acceptors (Lipinski definition) is 4. The molecule has 2 heterocycles. The minimum Gasteiger partial charge on any atom is -0.481 e. The van der Waals surface area contributed by atoms with Gasteiger partial charge in [-0.05, 0) is 43.3 Å². The summed E-state index contributed by atoms with van der Waals surface area (Å²) < 4.78 is 5.77. The standard InChI is InChI=1S/C22H21NO3S/c1-16-19(23-21(26-16)17-10-5-4-6-11-17)13-8-3-2-7-12-18(22(24)25)20-14-9-15-27-20/h4-6,9-11,14-15,18H,3,8,12-13H2,1H3,(H,24,25). The zero-order chi connectivity index (χ0) is 19.1. The lowest BCUT2D eigenvalue weighted by Gasteiger charge is -2.05. The van der Waals surface area contributed by atoms with Gasteiger partial charge >= 0.3 is 5.97 Å². The smallest absolute Gasteiger partial charge is 0.312 e. The highest BCUT2D eigenvalue weighted by molar-refractivity contribution is 7.10. The number of thiophene rings is 1. The lowest BCUT2D eigenvalue weighted by Crippen LogP contribution is -2.09. The second-order valence-electron chi connectivity index (χ2n) is 6.21. The Morgan fingerprint density at radius 2 is 2.04 bits per heavy atom. The maximum atomic E-state index is 11.4. The molecule has 4 nitrogen and oxygen atoms in total. The molecule has 0 bridgehead atoms. The highest BCUT2D eigenvalue weighted by Gasteiger charge is 2.19. The van der Waals surface area contributed by atoms with Crippen LogP contribution in [-0.2, 0) is 11.2 Å². The van der Waals surface area contributed by atoms with E-state index in [1.165, 1.54) is 11.3 Å². The maximum Gasteiger partial charge on any atom is 0.312 e. The number of carbonyl (C=O) groups is 1. The van der Waals surface area contributed by atoms with Crippen LogP contribution in [-0.4, -0.2) is 16.1 Å². The van der Waals surface area contributed by atoms with Gasteiger partial charge in [0.1, 0.15) is 11.7 Å². The first kappa shape index (κ1) is 18.9. The fraction of sp³-hybridized carbons (Fsp3) is 0.273. The van der Waals surface area contributed by atoms with E-state index in [0.717, 1.165) is 34.7 Å². The Morgan fingerprint density at radius 1 is 1.22 bits per heavy atom. The molecule has 138 valence electrons. The summed E-state index contributed by atoms with van der Waals surface area (Å²) in [5.74, 6) is 6.24. The van der Waals surface area contributed by atoms with Crippen LogP contribution in [0.3, 0.4) is 0 Å². The number of benzene rings is 1. The molecule has 0 saturated carbocycles. The van der Waals surface area contributed by atoms with Gasteiger partial charge in [0.25, 0.3) is 0 Å². The molecule has 0 aliphatic carbocycles. The topological polar surface area (TPSA) is 63.3 Å². The molecule has 0 saturated heterocycles. The van der Waals surface area contributed by atoms with Gasteiger partial charge in [-0.25, -0.2) is 4.98 Å². The Hall–Kier alpha value is -2.84. The minimum atomic E-state index is -0.821. The first-order valence-corrected chi connectivity index (χ1v) is 9.76. The number of carboxylic acid groups (broad SMARTS) is 1. The van der Waals surface area contributed by atoms with Crippen LogP contribution in [0.1, 0.15) is 41.5 Å². The third-order valence-corrected chi connectivity index (χ3v) is 5.23. The number of rotatable bonds is 7. The lowest BCUT2D eigenvalue weighted by molar-refractivity contribution is -0.138. The fourth-order valence-electron chi connectivity index (χ4n) is 2.77. The van der Waals surface area contributed by atoms with Crippen molar-refractivity contribution in [2.45, 2.75) is 38.5 Å². The number of aliphatic carboxylic acids is 1. The molecule has 0 spiro atoms. The Bertz CT molecular complexity index is 933. The molecule has 2 aromatic heterocycles. The lowest BCUT2D eigenvalue weighted by atomic mass is 10.0. The average Bonchev–Trinajstić information content (AvgIpc) is 3.32. The molecule has 1 unspecified atom stereocenters. The number of unbranched alkanes of at least 4 members (excludes halogenated alkanes) is 1. The Morgan fingerprint density at radius 3 is 2.74 bits per heavy atom. The van der Waals surface area contributed by atoms with E-state index in [2.05, 4.69) is 16.8 Å². The number of nitrogens with zero attached hydrogens (tertiary/aromatic N) is 1. The van der Waals surface area contributed by atoms with Crippen LogP contribution in [0.25, 0.3) is 11.5 Å². The van der Waals surface area contributed by atoms with Gasteiger partial charge in [-0.15, -0.1) is 23.2 Å². The molecule has 1 aromatic carbocycles. The summed E-state index contributed by atoms with van der Waals surface area (Å²) in [4.78, 5) is 16.8. The van der Waals surface area contributed by atoms with Crippen molar-refractivity contribution in [2.24, 2.45) is 0 Å². The summed E-state index contributed by atoms with van der Waals surface area (Å²) in [6.45, 7) is 1.93. The Balaban J connectivity index is 1.50. The van der Waals surface area contributed by atoms with Crippen molar-refractivity contribution in [3.05, 3.63) is 64.2 Å². The van der Waals surface area contributed by atoms with Crippen molar-refractivity contribution in [1.29, 1.82) is 0 Å². The van der Waals surface area contributed by atoms with E-state index < -0.39 is 11.9 Å². The van der Waals surface area contributed by atoms with Crippen LogP contribution in [0.5, 0.6) is 0 Å². The molecule has 3 aromatic rings. The largest absolute Gasteiger partial charge is 0.481 e. The summed E-state index contributed by atoms with van der Waals surface area (Å²) in [7, 11) is 0. The quantitative estimate of drug-likeness (QED) is 0.447. The SMILES string of the molecule is Cc1oc(-c2ccccc2)nc1CCCC#CCC(C(=O)O)c1cccs1. The molecule has 0 fully saturated rings. The van der Waals surface area contributed by atoms with Gasteiger partial charge in [0.05, 0.1) is 5.69 Å². The minimum absolute atomic E-state index is 0.344. The summed E-state index contributed by atoms with van der Waals surface area (Å²) in [6, 6.07) is 13.6. The second-order valence-corrected chi connectivity index (χ2v) is 7.18. The van der Waals surface area contributed by atoms with Gasteiger partial charge in [0, 0.05) is 23.3 Å². The van der Waals surface area contributed by atoms with Gasteiger partial charge < -0.3 is 9.52 Å². The van der Waals surface area contributed by atoms with Gasteiger partial charge in [0.2, 0.25) is 5.89 Å². The highest BCUT2D eigenvalue weighted by atomic mass is 32.1. The number of carboxylic acids is 1. The van der Waals surface area contributed by atoms with Crippen LogP contribution in [0.15, 0.2) is 52.3 Å². The highest BCUT2D eigenvalue weighted by Crippen LogP contribution is 2.24. The summed E-state index contributed by atoms with van der Waals surface area (Å²) >= 11 is 1.46. The molecular weight excluding hydrogens is 358 g/mol. The van der Waals surface area contributed by atoms with E-state index in [1.54, 1.807) is 0 Å². The number of oxazole rings is 1. The second kappa shape index (κ2) is 9.20. The summed E-state index contributed by atoms with van der Waals surface area (Å²) in [6.07, 6.45) is 2.72. The zero-order valence-electron chi connectivity index (χ0n) is 15.1. The molecule has 0 amide bonds. The number of hydrogen-bond donors (Lipinski definition) is 1. The molecular formula is C22H21NO3S. The van der Waals surface area contributed by atoms with Crippen LogP contribution in [0.2, 0.25) is 0 Å². The number of aromatic nitrogens is 1. The molecule has 0 aliphatic heterocycles. The molecule has 0 radical (unpaired) electrons. The van der Waals surface area contributed by atoms with E-state index in [0.29, 0.717) is 18.7 Å². The van der Waals surface area contributed by atoms with Gasteiger partial charge in [-0.2, -0.15) is 0 Å². The molecule has 1 N–H and O–H groups in total. The average molecular weight is 379 g/mol. The van der Waals surface area contributed by atoms with Gasteiger partial charge in [-0.1, -0.05) is 24.3 Å². The normalized spacial score (nSPS) is 11.6. The molecule has 1 atom stereocenters. The molecule has 0 aliphatic rings. The van der Waals surface area contributed by atoms with Crippen LogP contribution < -0.4 is 0 Å². The van der Waals surface area contributed by atoms with Crippen LogP contribution in [0, 0.1) is 18.8 Å². The van der Waals surface area contributed by atoms with E-state index in [-0.39, 0.29) is 0 Å². The Labute approximate surface area is 162 Å². The third-order valence-electron chi connectivity index (χ3n) is 4.24. The first-order chi connectivity index (χ1) is 13.1. The van der Waals surface area contributed by atoms with Crippen molar-refractivity contribution in [3.63, 3.8) is 0 Å². The van der Waals surface area contributed by atoms with E-state index in [9.17, 15) is 9.90 Å². The van der Waals surface area contributed by atoms with Crippen LogP contribution >= 0.6 is 11.3 Å². The van der Waals surface area contributed by atoms with Crippen LogP contribution in [0.4, 0.5) is 0 Å². The monoisotopic (exact) mass is 379 g/mol. The predicted octanol–water partition coefficient (Wildman–Crippen LogP) is 5.30. The van der Waals surface area contributed by atoms with Gasteiger partial charge in [0.15, 0.2) is 0 Å². The first-order valence-electron chi connectivity index (χ1n) is 8.89. The molecule has 27 heavy (non-hydrogen) atoms. The Kier molecular flexibility index (Phi) is 6.45. The predicted molar refractivity (Wildman–Crippen MR) is 107 cm³/mol. The van der Waals surface area contributed by atoms with Gasteiger partial charge in [-0.3, -0.25) is 4.79 Å². The van der Waals surface area contributed by atoms with Crippen molar-refractivity contribution in [3.8, 4) is 23.3 Å². The molecule has 5 heteroatoms. The zero-order valence-corrected chi connectivity index (χ0v) is 16.0. The van der Waals surface area contributed by atoms with E-state index >= 15 is 0 Å². The van der Waals surface area contributed by atoms with Crippen molar-refractivity contribution in [1.82, 2.24) is 4.98 Å². The van der Waals surface area contributed by atoms with Crippen molar-refractivity contribution < 1.29 is 14.3 Å². The van der Waals surface area contributed by atoms with Crippen molar-refractivity contribution in [2.75, 3.05) is 0 Å². The van der Waals surface area contributed by atoms with E-state index in [1.807, 2.05) is 54.8 Å². The fourth-order valence-corrected chi connectivity index (χ4v) is 3.59. The number of aryl methyl sites for hydroxylation is 2. The summed E-state index contributed by atoms with van der Waals surface area (Å²) in [5, 5.41) is 11.2. The molecule has 3 rings (SSSR count). The van der Waals surface area contributed by atoms with E-state index in [4.69, 9.17) is 4.42 Å². The summed E-state index contributed by atoms with van der Waals surface area (Å²) in [5.41, 5.74) is 1.93. The maximum absolute atomic E-state index is 11.4. The third kappa shape index (κ3) is 5.08.